The van der Waals surface area contributed by atoms with E-state index in [1.165, 1.54) is 22.7 Å². The molecule has 0 spiro atoms. The molecular formula is C17H18F3N5O3. The minimum Gasteiger partial charge on any atom is -0.393 e. The number of urea groups is 1. The van der Waals surface area contributed by atoms with Gasteiger partial charge in [-0.2, -0.15) is 5.10 Å². The Kier molecular flexibility index (Phi) is 5.54. The van der Waals surface area contributed by atoms with Crippen molar-refractivity contribution in [2.24, 2.45) is 7.05 Å². The predicted molar refractivity (Wildman–Crippen MR) is 93.3 cm³/mol. The molecule has 0 bridgehead atoms. The lowest BCUT2D eigenvalue weighted by Gasteiger charge is -2.29. The zero-order valence-electron chi connectivity index (χ0n) is 14.9. The molecule has 3 N–H and O–H groups in total. The van der Waals surface area contributed by atoms with Gasteiger partial charge in [0, 0.05) is 44.0 Å². The molecule has 1 aromatic carbocycles. The molecule has 0 saturated carbocycles. The van der Waals surface area contributed by atoms with Gasteiger partial charge in [-0.15, -0.1) is 0 Å². The molecule has 11 heteroatoms. The number of carbonyl (C=O) groups excluding carboxylic acids is 2. The highest BCUT2D eigenvalue weighted by Crippen LogP contribution is 2.19. The first-order valence-electron chi connectivity index (χ1n) is 8.48. The van der Waals surface area contributed by atoms with E-state index < -0.39 is 35.5 Å². The van der Waals surface area contributed by atoms with Gasteiger partial charge in [-0.1, -0.05) is 0 Å². The number of hydrogen-bond acceptors (Lipinski definition) is 4. The van der Waals surface area contributed by atoms with E-state index in [0.717, 1.165) is 0 Å². The Morgan fingerprint density at radius 2 is 1.71 bits per heavy atom. The number of anilines is 2. The molecule has 1 saturated heterocycles. The molecule has 0 atom stereocenters. The minimum atomic E-state index is -1.63. The summed E-state index contributed by atoms with van der Waals surface area (Å²) in [4.78, 5) is 26.0. The maximum atomic E-state index is 13.3. The van der Waals surface area contributed by atoms with Crippen LogP contribution in [0.1, 0.15) is 23.3 Å². The van der Waals surface area contributed by atoms with Gasteiger partial charge in [0.25, 0.3) is 5.91 Å². The van der Waals surface area contributed by atoms with Crippen molar-refractivity contribution in [3.8, 4) is 0 Å². The number of nitrogens with one attached hydrogen (secondary N) is 2. The summed E-state index contributed by atoms with van der Waals surface area (Å²) < 4.78 is 40.8. The third-order valence-electron chi connectivity index (χ3n) is 4.34. The second kappa shape index (κ2) is 7.89. The molecule has 0 unspecified atom stereocenters. The summed E-state index contributed by atoms with van der Waals surface area (Å²) in [6, 6.07) is 2.19. The average molecular weight is 397 g/mol. The molecule has 8 nitrogen and oxygen atoms in total. The molecule has 1 aliphatic rings. The quantitative estimate of drug-likeness (QED) is 0.691. The number of hydrogen-bond donors (Lipinski definition) is 3. The lowest BCUT2D eigenvalue weighted by atomic mass is 10.1. The Morgan fingerprint density at radius 3 is 2.32 bits per heavy atom. The van der Waals surface area contributed by atoms with Gasteiger partial charge in [-0.25, -0.2) is 18.0 Å². The topological polar surface area (TPSA) is 99.5 Å². The SMILES string of the molecule is Cn1nc(C(=O)Nc2cc(F)c(F)c(F)c2)cc1NC(=O)N1CCC(O)CC1. The predicted octanol–water partition coefficient (Wildman–Crippen LogP) is 2.08. The van der Waals surface area contributed by atoms with Crippen LogP contribution in [-0.2, 0) is 7.05 Å². The van der Waals surface area contributed by atoms with Gasteiger partial charge in [0.15, 0.2) is 23.1 Å². The first kappa shape index (κ1) is 19.7. The first-order chi connectivity index (χ1) is 13.2. The van der Waals surface area contributed by atoms with Gasteiger partial charge in [0.1, 0.15) is 5.82 Å². The highest BCUT2D eigenvalue weighted by atomic mass is 19.2. The van der Waals surface area contributed by atoms with Crippen LogP contribution >= 0.6 is 0 Å². The number of aryl methyl sites for hydroxylation is 1. The number of benzene rings is 1. The Bertz CT molecular complexity index is 886. The van der Waals surface area contributed by atoms with E-state index in [4.69, 9.17) is 0 Å². The van der Waals surface area contributed by atoms with Crippen LogP contribution in [0.15, 0.2) is 18.2 Å². The fraction of sp³-hybridized carbons (Fsp3) is 0.353. The van der Waals surface area contributed by atoms with Gasteiger partial charge in [-0.05, 0) is 12.8 Å². The second-order valence-corrected chi connectivity index (χ2v) is 6.39. The van der Waals surface area contributed by atoms with Crippen LogP contribution in [0.2, 0.25) is 0 Å². The smallest absolute Gasteiger partial charge is 0.323 e. The molecular weight excluding hydrogens is 379 g/mol. The van der Waals surface area contributed by atoms with E-state index in [-0.39, 0.29) is 17.2 Å². The number of aliphatic hydroxyl groups is 1. The number of amides is 3. The fourth-order valence-electron chi connectivity index (χ4n) is 2.78. The third kappa shape index (κ3) is 4.25. The number of carbonyl (C=O) groups is 2. The van der Waals surface area contributed by atoms with E-state index in [2.05, 4.69) is 15.7 Å². The van der Waals surface area contributed by atoms with Crippen molar-refractivity contribution in [2.75, 3.05) is 23.7 Å². The van der Waals surface area contributed by atoms with E-state index in [1.54, 1.807) is 0 Å². The molecule has 28 heavy (non-hydrogen) atoms. The third-order valence-corrected chi connectivity index (χ3v) is 4.34. The summed E-state index contributed by atoms with van der Waals surface area (Å²) in [5.41, 5.74) is -0.387. The standard InChI is InChI=1S/C17H18F3N5O3/c1-24-14(22-17(28)25-4-2-10(26)3-5-25)8-13(23-24)16(27)21-9-6-11(18)15(20)12(19)7-9/h6-8,10,26H,2-5H2,1H3,(H,21,27)(H,22,28). The maximum absolute atomic E-state index is 13.3. The number of nitrogens with zero attached hydrogens (tertiary/aromatic N) is 3. The number of likely N-dealkylation sites (tertiary alicyclic amines) is 1. The van der Waals surface area contributed by atoms with E-state index in [0.29, 0.717) is 38.1 Å². The van der Waals surface area contributed by atoms with Crippen molar-refractivity contribution in [3.05, 3.63) is 41.3 Å². The molecule has 2 heterocycles. The zero-order valence-corrected chi connectivity index (χ0v) is 14.9. The second-order valence-electron chi connectivity index (χ2n) is 6.39. The van der Waals surface area contributed by atoms with Crippen LogP contribution in [-0.4, -0.2) is 50.9 Å². The van der Waals surface area contributed by atoms with Crippen LogP contribution in [0.5, 0.6) is 0 Å². The van der Waals surface area contributed by atoms with Crippen molar-refractivity contribution in [2.45, 2.75) is 18.9 Å². The van der Waals surface area contributed by atoms with Crippen molar-refractivity contribution in [1.29, 1.82) is 0 Å². The lowest BCUT2D eigenvalue weighted by molar-refractivity contribution is 0.0970. The van der Waals surface area contributed by atoms with E-state index >= 15 is 0 Å². The summed E-state index contributed by atoms with van der Waals surface area (Å²) >= 11 is 0. The van der Waals surface area contributed by atoms with Crippen molar-refractivity contribution >= 4 is 23.4 Å². The summed E-state index contributed by atoms with van der Waals surface area (Å²) in [7, 11) is 1.50. The van der Waals surface area contributed by atoms with E-state index in [9.17, 15) is 27.9 Å². The molecule has 3 amide bonds. The van der Waals surface area contributed by atoms with Crippen LogP contribution in [0.25, 0.3) is 0 Å². The number of aliphatic hydroxyl groups excluding tert-OH is 1. The maximum Gasteiger partial charge on any atom is 0.323 e. The number of aromatic nitrogens is 2. The number of halogens is 3. The molecule has 0 radical (unpaired) electrons. The summed E-state index contributed by atoms with van der Waals surface area (Å²) in [5, 5.41) is 18.3. The first-order valence-corrected chi connectivity index (χ1v) is 8.48. The summed E-state index contributed by atoms with van der Waals surface area (Å²) in [6.45, 7) is 0.805. The van der Waals surface area contributed by atoms with Crippen molar-refractivity contribution in [1.82, 2.24) is 14.7 Å². The summed E-state index contributed by atoms with van der Waals surface area (Å²) in [6.07, 6.45) is 0.547. The Labute approximate surface area is 157 Å². The number of rotatable bonds is 3. The molecule has 1 aliphatic heterocycles. The monoisotopic (exact) mass is 397 g/mol. The van der Waals surface area contributed by atoms with Crippen LogP contribution < -0.4 is 10.6 Å². The normalized spacial score (nSPS) is 14.8. The number of piperidine rings is 1. The van der Waals surface area contributed by atoms with Gasteiger partial charge >= 0.3 is 6.03 Å². The molecule has 150 valence electrons. The van der Waals surface area contributed by atoms with Gasteiger partial charge in [0.05, 0.1) is 6.10 Å². The Morgan fingerprint density at radius 1 is 1.11 bits per heavy atom. The Hall–Kier alpha value is -3.08. The summed E-state index contributed by atoms with van der Waals surface area (Å²) in [5.74, 6) is -5.06. The van der Waals surface area contributed by atoms with Gasteiger partial charge < -0.3 is 15.3 Å². The molecule has 1 aromatic heterocycles. The molecule has 0 aliphatic carbocycles. The highest BCUT2D eigenvalue weighted by molar-refractivity contribution is 6.03. The highest BCUT2D eigenvalue weighted by Gasteiger charge is 2.23. The van der Waals surface area contributed by atoms with Crippen LogP contribution in [0, 0.1) is 17.5 Å². The average Bonchev–Trinajstić information content (AvgIpc) is 3.01. The minimum absolute atomic E-state index is 0.114. The molecule has 1 fully saturated rings. The Balaban J connectivity index is 1.67. The van der Waals surface area contributed by atoms with Crippen molar-refractivity contribution < 1.29 is 27.9 Å². The largest absolute Gasteiger partial charge is 0.393 e. The lowest BCUT2D eigenvalue weighted by Crippen LogP contribution is -2.42. The van der Waals surface area contributed by atoms with Gasteiger partial charge in [0.2, 0.25) is 0 Å². The molecule has 3 rings (SSSR count). The zero-order chi connectivity index (χ0) is 20.4. The van der Waals surface area contributed by atoms with Crippen molar-refractivity contribution in [3.63, 3.8) is 0 Å². The van der Waals surface area contributed by atoms with Gasteiger partial charge in [-0.3, -0.25) is 14.8 Å². The molecule has 2 aromatic rings. The van der Waals surface area contributed by atoms with Crippen LogP contribution in [0.4, 0.5) is 29.5 Å². The van der Waals surface area contributed by atoms with Crippen LogP contribution in [0.3, 0.4) is 0 Å². The van der Waals surface area contributed by atoms with E-state index in [1.807, 2.05) is 0 Å². The fourth-order valence-corrected chi connectivity index (χ4v) is 2.78.